The number of hydrogen-bond donors (Lipinski definition) is 2. The smallest absolute Gasteiger partial charge is 0.328 e. The van der Waals surface area contributed by atoms with Crippen LogP contribution in [0.5, 0.6) is 0 Å². The van der Waals surface area contributed by atoms with E-state index < -0.39 is 11.5 Å². The van der Waals surface area contributed by atoms with E-state index in [0.717, 1.165) is 12.0 Å². The highest BCUT2D eigenvalue weighted by Gasteiger charge is 2.35. The number of rotatable bonds is 4. The van der Waals surface area contributed by atoms with Gasteiger partial charge in [-0.05, 0) is 47.7 Å². The summed E-state index contributed by atoms with van der Waals surface area (Å²) in [5, 5.41) is 12.7. The van der Waals surface area contributed by atoms with Gasteiger partial charge in [-0.1, -0.05) is 49.4 Å². The van der Waals surface area contributed by atoms with Crippen LogP contribution in [0.3, 0.4) is 0 Å². The van der Waals surface area contributed by atoms with Gasteiger partial charge in [-0.3, -0.25) is 5.32 Å². The zero-order chi connectivity index (χ0) is 15.0. The Morgan fingerprint density at radius 3 is 2.62 bits per heavy atom. The molecule has 0 fully saturated rings. The van der Waals surface area contributed by atoms with Crippen molar-refractivity contribution < 1.29 is 9.90 Å². The molecule has 21 heavy (non-hydrogen) atoms. The second-order valence-corrected chi connectivity index (χ2v) is 5.67. The van der Waals surface area contributed by atoms with Crippen molar-refractivity contribution >= 4 is 5.97 Å². The predicted molar refractivity (Wildman–Crippen MR) is 83.3 cm³/mol. The summed E-state index contributed by atoms with van der Waals surface area (Å²) in [6.07, 6.45) is 0.876. The van der Waals surface area contributed by atoms with Gasteiger partial charge in [0.05, 0.1) is 0 Å². The molecular formula is C18H19NO2. The Bertz CT molecular complexity index is 708. The topological polar surface area (TPSA) is 49.3 Å². The summed E-state index contributed by atoms with van der Waals surface area (Å²) in [6, 6.07) is 14.4. The monoisotopic (exact) mass is 281 g/mol. The van der Waals surface area contributed by atoms with Gasteiger partial charge in [0, 0.05) is 0 Å². The number of fused-ring (bicyclic) bond motifs is 3. The molecule has 0 saturated carbocycles. The normalized spacial score (nSPS) is 15.1. The fourth-order valence-corrected chi connectivity index (χ4v) is 3.11. The molecule has 1 aliphatic rings. The third-order valence-corrected chi connectivity index (χ3v) is 4.33. The van der Waals surface area contributed by atoms with E-state index in [2.05, 4.69) is 23.5 Å². The van der Waals surface area contributed by atoms with Gasteiger partial charge in [0.25, 0.3) is 0 Å². The molecule has 1 unspecified atom stereocenters. The minimum Gasteiger partial charge on any atom is -0.480 e. The molecule has 108 valence electrons. The van der Waals surface area contributed by atoms with Crippen LogP contribution < -0.4 is 5.32 Å². The number of carboxylic acids is 1. The molecule has 1 atom stereocenters. The third kappa shape index (κ3) is 2.14. The fourth-order valence-electron chi connectivity index (χ4n) is 3.11. The van der Waals surface area contributed by atoms with Gasteiger partial charge in [-0.15, -0.1) is 0 Å². The molecule has 0 radical (unpaired) electrons. The Balaban J connectivity index is 2.06. The zero-order valence-electron chi connectivity index (χ0n) is 12.3. The van der Waals surface area contributed by atoms with Crippen molar-refractivity contribution in [3.05, 3.63) is 59.2 Å². The van der Waals surface area contributed by atoms with E-state index in [9.17, 15) is 9.90 Å². The van der Waals surface area contributed by atoms with Crippen LogP contribution in [0.2, 0.25) is 0 Å². The molecule has 3 nitrogen and oxygen atoms in total. The van der Waals surface area contributed by atoms with Crippen LogP contribution in [0, 0.1) is 0 Å². The second kappa shape index (κ2) is 5.01. The first-order valence-electron chi connectivity index (χ1n) is 7.26. The van der Waals surface area contributed by atoms with Gasteiger partial charge < -0.3 is 5.11 Å². The lowest BCUT2D eigenvalue weighted by molar-refractivity contribution is -0.144. The van der Waals surface area contributed by atoms with Crippen LogP contribution in [0.15, 0.2) is 42.5 Å². The summed E-state index contributed by atoms with van der Waals surface area (Å²) < 4.78 is 0. The molecule has 0 aliphatic heterocycles. The lowest BCUT2D eigenvalue weighted by Gasteiger charge is -2.27. The summed E-state index contributed by atoms with van der Waals surface area (Å²) in [5.41, 5.74) is 4.77. The van der Waals surface area contributed by atoms with E-state index in [0.29, 0.717) is 6.54 Å². The molecule has 3 heteroatoms. The maximum absolute atomic E-state index is 11.7. The number of hydrogen-bond acceptors (Lipinski definition) is 2. The van der Waals surface area contributed by atoms with E-state index in [1.807, 2.05) is 31.2 Å². The Hall–Kier alpha value is -2.13. The second-order valence-electron chi connectivity index (χ2n) is 5.67. The van der Waals surface area contributed by atoms with Gasteiger partial charge in [0.1, 0.15) is 5.54 Å². The van der Waals surface area contributed by atoms with Gasteiger partial charge in [-0.2, -0.15) is 0 Å². The number of likely N-dealkylation sites (N-methyl/N-ethyl adjacent to an activating group) is 1. The maximum Gasteiger partial charge on any atom is 0.328 e. The van der Waals surface area contributed by atoms with Gasteiger partial charge in [0.15, 0.2) is 0 Å². The van der Waals surface area contributed by atoms with Crippen molar-refractivity contribution in [2.75, 3.05) is 6.54 Å². The van der Waals surface area contributed by atoms with Crippen LogP contribution in [0.1, 0.15) is 30.5 Å². The lowest BCUT2D eigenvalue weighted by atomic mass is 9.89. The molecule has 2 N–H and O–H groups in total. The highest BCUT2D eigenvalue weighted by atomic mass is 16.4. The van der Waals surface area contributed by atoms with Crippen molar-refractivity contribution in [2.45, 2.75) is 25.8 Å². The average molecular weight is 281 g/mol. The van der Waals surface area contributed by atoms with Crippen molar-refractivity contribution in [1.82, 2.24) is 5.32 Å². The van der Waals surface area contributed by atoms with Crippen LogP contribution in [-0.4, -0.2) is 17.6 Å². The largest absolute Gasteiger partial charge is 0.480 e. The molecule has 0 bridgehead atoms. The minimum atomic E-state index is -1.04. The van der Waals surface area contributed by atoms with Crippen LogP contribution in [0.4, 0.5) is 0 Å². The standard InChI is InChI=1S/C18H19NO2/c1-3-19-18(2,17(20)21)14-8-9-16-13(11-14)10-12-6-4-5-7-15(12)16/h4-9,11,19H,3,10H2,1-2H3,(H,20,21). The first-order chi connectivity index (χ1) is 10.1. The zero-order valence-corrected chi connectivity index (χ0v) is 12.3. The predicted octanol–water partition coefficient (Wildman–Crippen LogP) is 3.17. The Labute approximate surface area is 124 Å². The molecule has 3 rings (SSSR count). The van der Waals surface area contributed by atoms with E-state index in [-0.39, 0.29) is 0 Å². The number of aliphatic carboxylic acids is 1. The molecule has 0 spiro atoms. The molecule has 1 aliphatic carbocycles. The van der Waals surface area contributed by atoms with Crippen molar-refractivity contribution in [3.8, 4) is 11.1 Å². The fraction of sp³-hybridized carbons (Fsp3) is 0.278. The minimum absolute atomic E-state index is 0.611. The Kier molecular flexibility index (Phi) is 3.30. The first-order valence-corrected chi connectivity index (χ1v) is 7.26. The number of benzene rings is 2. The Morgan fingerprint density at radius 1 is 1.19 bits per heavy atom. The van der Waals surface area contributed by atoms with Crippen LogP contribution in [0.25, 0.3) is 11.1 Å². The molecule has 0 saturated heterocycles. The molecule has 0 amide bonds. The lowest BCUT2D eigenvalue weighted by Crippen LogP contribution is -2.46. The van der Waals surface area contributed by atoms with Crippen LogP contribution >= 0.6 is 0 Å². The SMILES string of the molecule is CCNC(C)(C(=O)O)c1ccc2c(c1)Cc1ccccc1-2. The highest BCUT2D eigenvalue weighted by Crippen LogP contribution is 2.38. The van der Waals surface area contributed by atoms with Crippen LogP contribution in [-0.2, 0) is 16.8 Å². The molecule has 0 heterocycles. The Morgan fingerprint density at radius 2 is 1.90 bits per heavy atom. The molecule has 2 aromatic carbocycles. The number of carbonyl (C=O) groups is 1. The maximum atomic E-state index is 11.7. The van der Waals surface area contributed by atoms with Gasteiger partial charge >= 0.3 is 5.97 Å². The van der Waals surface area contributed by atoms with Gasteiger partial charge in [-0.25, -0.2) is 4.79 Å². The highest BCUT2D eigenvalue weighted by molar-refractivity contribution is 5.82. The van der Waals surface area contributed by atoms with Crippen molar-refractivity contribution in [2.24, 2.45) is 0 Å². The summed E-state index contributed by atoms with van der Waals surface area (Å²) in [6.45, 7) is 4.26. The summed E-state index contributed by atoms with van der Waals surface area (Å²) >= 11 is 0. The molecule has 0 aromatic heterocycles. The quantitative estimate of drug-likeness (QED) is 0.772. The molecular weight excluding hydrogens is 262 g/mol. The molecule has 2 aromatic rings. The number of nitrogens with one attached hydrogen (secondary N) is 1. The van der Waals surface area contributed by atoms with E-state index in [1.54, 1.807) is 6.92 Å². The third-order valence-electron chi connectivity index (χ3n) is 4.33. The van der Waals surface area contributed by atoms with Crippen molar-refractivity contribution in [1.29, 1.82) is 0 Å². The summed E-state index contributed by atoms with van der Waals surface area (Å²) in [5.74, 6) is -0.847. The van der Waals surface area contributed by atoms with E-state index in [4.69, 9.17) is 0 Å². The summed E-state index contributed by atoms with van der Waals surface area (Å²) in [4.78, 5) is 11.7. The number of carboxylic acid groups (broad SMARTS) is 1. The average Bonchev–Trinajstić information content (AvgIpc) is 2.84. The first kappa shape index (κ1) is 13.8. The van der Waals surface area contributed by atoms with E-state index in [1.165, 1.54) is 22.3 Å². The van der Waals surface area contributed by atoms with Crippen molar-refractivity contribution in [3.63, 3.8) is 0 Å². The van der Waals surface area contributed by atoms with E-state index >= 15 is 0 Å². The van der Waals surface area contributed by atoms with Gasteiger partial charge in [0.2, 0.25) is 0 Å². The summed E-state index contributed by atoms with van der Waals surface area (Å²) in [7, 11) is 0.